The molecule has 6 nitrogen and oxygen atoms in total. The fourth-order valence-electron chi connectivity index (χ4n) is 2.13. The molecule has 0 aromatic heterocycles. The number of aliphatic imine (C=N–C) groups is 1. The van der Waals surface area contributed by atoms with Crippen molar-refractivity contribution in [3.05, 3.63) is 29.8 Å². The number of nitrogens with zero attached hydrogens (tertiary/aromatic N) is 1. The minimum atomic E-state index is -0.243. The summed E-state index contributed by atoms with van der Waals surface area (Å²) in [4.78, 5) is 15.6. The topological polar surface area (TPSA) is 72.0 Å². The lowest BCUT2D eigenvalue weighted by Crippen LogP contribution is -2.41. The molecule has 0 saturated carbocycles. The van der Waals surface area contributed by atoms with Crippen LogP contribution in [0.2, 0.25) is 0 Å². The molecule has 0 aliphatic carbocycles. The molecule has 0 aliphatic rings. The quantitative estimate of drug-likeness (QED) is 0.260. The van der Waals surface area contributed by atoms with E-state index in [2.05, 4.69) is 36.4 Å². The van der Waals surface area contributed by atoms with Crippen LogP contribution in [0.1, 0.15) is 39.3 Å². The molecular weight excluding hydrogens is 445 g/mol. The summed E-state index contributed by atoms with van der Waals surface area (Å²) in [6.45, 7) is 9.29. The van der Waals surface area contributed by atoms with Gasteiger partial charge in [0.2, 0.25) is 0 Å². The summed E-state index contributed by atoms with van der Waals surface area (Å²) in [5, 5.41) is 6.45. The van der Waals surface area contributed by atoms with Crippen molar-refractivity contribution in [2.24, 2.45) is 16.8 Å². The predicted molar refractivity (Wildman–Crippen MR) is 116 cm³/mol. The minimum Gasteiger partial charge on any atom is -0.493 e. The summed E-state index contributed by atoms with van der Waals surface area (Å²) in [5.74, 6) is 1.54. The Labute approximate surface area is 174 Å². The van der Waals surface area contributed by atoms with Crippen LogP contribution < -0.4 is 15.4 Å². The highest BCUT2D eigenvalue weighted by molar-refractivity contribution is 14.0. The molecule has 1 aromatic carbocycles. The van der Waals surface area contributed by atoms with Crippen LogP contribution in [0.4, 0.5) is 0 Å². The van der Waals surface area contributed by atoms with Crippen LogP contribution in [0.5, 0.6) is 5.75 Å². The van der Waals surface area contributed by atoms with Gasteiger partial charge in [0.1, 0.15) is 5.75 Å². The molecule has 0 aliphatic heterocycles. The molecule has 148 valence electrons. The van der Waals surface area contributed by atoms with Crippen molar-refractivity contribution < 1.29 is 14.3 Å². The molecule has 0 radical (unpaired) electrons. The molecule has 0 heterocycles. The largest absolute Gasteiger partial charge is 0.493 e. The Morgan fingerprint density at radius 2 is 1.77 bits per heavy atom. The van der Waals surface area contributed by atoms with Gasteiger partial charge in [-0.1, -0.05) is 32.9 Å². The highest BCUT2D eigenvalue weighted by Gasteiger charge is 2.14. The van der Waals surface area contributed by atoms with Crippen LogP contribution in [0.25, 0.3) is 0 Å². The number of rotatable bonds is 8. The maximum absolute atomic E-state index is 11.4. The third-order valence-corrected chi connectivity index (χ3v) is 3.72. The molecule has 2 atom stereocenters. The zero-order chi connectivity index (χ0) is 18.8. The van der Waals surface area contributed by atoms with Crippen molar-refractivity contribution in [3.63, 3.8) is 0 Å². The van der Waals surface area contributed by atoms with Crippen molar-refractivity contribution in [2.75, 3.05) is 27.3 Å². The monoisotopic (exact) mass is 477 g/mol. The Morgan fingerprint density at radius 1 is 1.15 bits per heavy atom. The van der Waals surface area contributed by atoms with Crippen LogP contribution in [-0.4, -0.2) is 39.2 Å². The number of halogens is 1. The third kappa shape index (κ3) is 8.73. The number of hydrogen-bond acceptors (Lipinski definition) is 4. The first-order chi connectivity index (χ1) is 11.9. The van der Waals surface area contributed by atoms with Crippen LogP contribution in [0.3, 0.4) is 0 Å². The number of esters is 1. The number of ether oxygens (including phenoxy) is 2. The molecule has 2 N–H and O–H groups in total. The van der Waals surface area contributed by atoms with E-state index in [-0.39, 0.29) is 41.9 Å². The van der Waals surface area contributed by atoms with E-state index in [0.717, 1.165) is 11.3 Å². The average molecular weight is 477 g/mol. The lowest BCUT2D eigenvalue weighted by Gasteiger charge is -2.20. The highest BCUT2D eigenvalue weighted by Crippen LogP contribution is 2.18. The molecule has 1 aromatic rings. The van der Waals surface area contributed by atoms with Gasteiger partial charge in [0.15, 0.2) is 5.96 Å². The molecule has 0 saturated heterocycles. The summed E-state index contributed by atoms with van der Waals surface area (Å²) < 4.78 is 10.4. The van der Waals surface area contributed by atoms with E-state index in [4.69, 9.17) is 9.47 Å². The SMILES string of the molecule is CN=C(NCC(C)C(=O)OC)NC(C)c1ccc(OCC(C)C)cc1.I. The lowest BCUT2D eigenvalue weighted by molar-refractivity contribution is -0.144. The predicted octanol–water partition coefficient (Wildman–Crippen LogP) is 3.37. The molecular formula is C19H32IN3O3. The van der Waals surface area contributed by atoms with E-state index in [1.807, 2.05) is 31.2 Å². The molecule has 0 spiro atoms. The Bertz CT molecular complexity index is 562. The smallest absolute Gasteiger partial charge is 0.310 e. The van der Waals surface area contributed by atoms with Crippen molar-refractivity contribution in [2.45, 2.75) is 33.7 Å². The fourth-order valence-corrected chi connectivity index (χ4v) is 2.13. The first kappa shape index (κ1) is 24.5. The number of guanidine groups is 1. The summed E-state index contributed by atoms with van der Waals surface area (Å²) in [6.07, 6.45) is 0. The molecule has 1 rings (SSSR count). The molecule has 0 bridgehead atoms. The van der Waals surface area contributed by atoms with Crippen LogP contribution in [0, 0.1) is 11.8 Å². The normalized spacial score (nSPS) is 13.4. The number of methoxy groups -OCH3 is 1. The number of carbonyl (C=O) groups excluding carboxylic acids is 1. The van der Waals surface area contributed by atoms with Gasteiger partial charge in [-0.2, -0.15) is 0 Å². The van der Waals surface area contributed by atoms with E-state index in [9.17, 15) is 4.79 Å². The maximum Gasteiger partial charge on any atom is 0.310 e. The zero-order valence-electron chi connectivity index (χ0n) is 16.5. The van der Waals surface area contributed by atoms with Gasteiger partial charge in [0.05, 0.1) is 25.7 Å². The molecule has 7 heteroatoms. The van der Waals surface area contributed by atoms with Crippen molar-refractivity contribution >= 4 is 35.9 Å². The first-order valence-corrected chi connectivity index (χ1v) is 8.65. The second-order valence-electron chi connectivity index (χ2n) is 6.52. The van der Waals surface area contributed by atoms with Crippen molar-refractivity contribution in [3.8, 4) is 5.75 Å². The fraction of sp³-hybridized carbons (Fsp3) is 0.579. The Hall–Kier alpha value is -1.51. The van der Waals surface area contributed by atoms with Crippen LogP contribution in [-0.2, 0) is 9.53 Å². The van der Waals surface area contributed by atoms with Gasteiger partial charge in [-0.25, -0.2) is 0 Å². The molecule has 26 heavy (non-hydrogen) atoms. The Balaban J connectivity index is 0.00000625. The Morgan fingerprint density at radius 3 is 2.27 bits per heavy atom. The number of hydrogen-bond donors (Lipinski definition) is 2. The minimum absolute atomic E-state index is 0. The Kier molecular flexibility index (Phi) is 12.0. The molecule has 2 unspecified atom stereocenters. The van der Waals surface area contributed by atoms with E-state index in [0.29, 0.717) is 25.0 Å². The van der Waals surface area contributed by atoms with Gasteiger partial charge < -0.3 is 20.1 Å². The second kappa shape index (κ2) is 12.8. The van der Waals surface area contributed by atoms with Gasteiger partial charge in [0, 0.05) is 13.6 Å². The summed E-state index contributed by atoms with van der Waals surface area (Å²) in [7, 11) is 3.09. The van der Waals surface area contributed by atoms with Gasteiger partial charge in [-0.05, 0) is 30.5 Å². The van der Waals surface area contributed by atoms with Gasteiger partial charge in [0.25, 0.3) is 0 Å². The highest BCUT2D eigenvalue weighted by atomic mass is 127. The number of carbonyl (C=O) groups is 1. The van der Waals surface area contributed by atoms with E-state index >= 15 is 0 Å². The van der Waals surface area contributed by atoms with Crippen LogP contribution in [0.15, 0.2) is 29.3 Å². The molecule has 0 fully saturated rings. The first-order valence-electron chi connectivity index (χ1n) is 8.65. The zero-order valence-corrected chi connectivity index (χ0v) is 18.9. The van der Waals surface area contributed by atoms with Gasteiger partial charge in [-0.15, -0.1) is 24.0 Å². The van der Waals surface area contributed by atoms with E-state index in [1.165, 1.54) is 7.11 Å². The number of benzene rings is 1. The summed E-state index contributed by atoms with van der Waals surface area (Å²) >= 11 is 0. The van der Waals surface area contributed by atoms with Gasteiger partial charge >= 0.3 is 5.97 Å². The summed E-state index contributed by atoms with van der Waals surface area (Å²) in [5.41, 5.74) is 1.13. The third-order valence-electron chi connectivity index (χ3n) is 3.72. The molecule has 0 amide bonds. The van der Waals surface area contributed by atoms with Crippen LogP contribution >= 0.6 is 24.0 Å². The average Bonchev–Trinajstić information content (AvgIpc) is 2.62. The van der Waals surface area contributed by atoms with Gasteiger partial charge in [-0.3, -0.25) is 9.79 Å². The maximum atomic E-state index is 11.4. The van der Waals surface area contributed by atoms with Crippen molar-refractivity contribution in [1.29, 1.82) is 0 Å². The summed E-state index contributed by atoms with van der Waals surface area (Å²) in [6, 6.07) is 8.10. The standard InChI is InChI=1S/C19H31N3O3.HI/c1-13(2)12-25-17-9-7-16(8-10-17)15(4)22-19(20-5)21-11-14(3)18(23)24-6;/h7-10,13-15H,11-12H2,1-6H3,(H2,20,21,22);1H. The lowest BCUT2D eigenvalue weighted by atomic mass is 10.1. The van der Waals surface area contributed by atoms with Crippen molar-refractivity contribution in [1.82, 2.24) is 10.6 Å². The van der Waals surface area contributed by atoms with E-state index < -0.39 is 0 Å². The number of nitrogens with one attached hydrogen (secondary N) is 2. The second-order valence-corrected chi connectivity index (χ2v) is 6.52. The van der Waals surface area contributed by atoms with E-state index in [1.54, 1.807) is 7.05 Å².